The van der Waals surface area contributed by atoms with E-state index in [1.807, 2.05) is 0 Å². The molecule has 32 heavy (non-hydrogen) atoms. The first-order valence-electron chi connectivity index (χ1n) is 10.6. The van der Waals surface area contributed by atoms with Gasteiger partial charge in [0.1, 0.15) is 0 Å². The first-order valence-corrected chi connectivity index (χ1v) is 16.8. The summed E-state index contributed by atoms with van der Waals surface area (Å²) in [6.45, 7) is 17.6. The molecule has 0 radical (unpaired) electrons. The van der Waals surface area contributed by atoms with Gasteiger partial charge in [-0.3, -0.25) is 6.08 Å². The third-order valence-corrected chi connectivity index (χ3v) is 5.54. The van der Waals surface area contributed by atoms with Crippen molar-refractivity contribution >= 4 is 41.0 Å². The minimum Gasteiger partial charge on any atom is -0.165 e. The van der Waals surface area contributed by atoms with E-state index in [1.54, 1.807) is 23.3 Å². The molecule has 1 aliphatic rings. The van der Waals surface area contributed by atoms with Gasteiger partial charge in [-0.2, -0.15) is 17.2 Å². The smallest absolute Gasteiger partial charge is 0.0276 e. The van der Waals surface area contributed by atoms with Gasteiger partial charge >= 0.3 is 41.9 Å². The van der Waals surface area contributed by atoms with Gasteiger partial charge in [-0.25, -0.2) is 5.57 Å². The van der Waals surface area contributed by atoms with E-state index >= 15 is 0 Å². The van der Waals surface area contributed by atoms with Gasteiger partial charge in [0.15, 0.2) is 0 Å². The molecule has 3 aromatic rings. The van der Waals surface area contributed by atoms with Crippen LogP contribution in [0, 0.1) is 25.8 Å². The second-order valence-electron chi connectivity index (χ2n) is 8.46. The first kappa shape index (κ1) is 31.2. The number of allylic oxidation sites excluding steroid dienone is 4. The van der Waals surface area contributed by atoms with Gasteiger partial charge in [0.05, 0.1) is 0 Å². The van der Waals surface area contributed by atoms with Crippen LogP contribution < -0.4 is 0 Å². The van der Waals surface area contributed by atoms with Crippen LogP contribution in [-0.4, -0.2) is 5.43 Å². The molecule has 3 aromatic carbocycles. The summed E-state index contributed by atoms with van der Waals surface area (Å²) in [4.78, 5) is 0. The van der Waals surface area contributed by atoms with Crippen molar-refractivity contribution < 1.29 is 23.3 Å². The Hall–Kier alpha value is -0.790. The third kappa shape index (κ3) is 8.53. The van der Waals surface area contributed by atoms with Gasteiger partial charge in [0.2, 0.25) is 0 Å². The molecule has 1 aliphatic carbocycles. The van der Waals surface area contributed by atoms with E-state index in [1.165, 1.54) is 49.7 Å². The number of hydrogen-bond acceptors (Lipinski definition) is 0. The molecule has 1 unspecified atom stereocenters. The van der Waals surface area contributed by atoms with E-state index in [-0.39, 0.29) is 30.2 Å². The Morgan fingerprint density at radius 3 is 1.91 bits per heavy atom. The largest absolute Gasteiger partial charge is 0.165 e. The molecule has 0 aromatic heterocycles. The maximum atomic E-state index is 3.36. The maximum Gasteiger partial charge on any atom is -0.0276 e. The minimum atomic E-state index is 0. The Kier molecular flexibility index (Phi) is 14.1. The molecular formula is C28H36Cl2SiZr. The number of fused-ring (bicyclic) bond motifs is 1. The molecule has 0 saturated heterocycles. The van der Waals surface area contributed by atoms with Crippen LogP contribution in [0.2, 0.25) is 13.1 Å². The fraction of sp³-hybridized carbons (Fsp3) is 0.321. The standard InChI is InChI=1S/C17H15.C9H13.C2H6Si.2ClH.Zr/c1-12-10-15-9-8-13(2)17(16(15)11-12)14-6-4-3-5-7-14;1-6-5-7(2)9(4)8(6)3;1-3-2;;;/h3-11H,1-2H3;6H,1-4H3;1-2H3;2*1H;/q2*-1;;;;+2. The first-order chi connectivity index (χ1) is 14.1. The summed E-state index contributed by atoms with van der Waals surface area (Å²) in [7, 11) is 0. The number of aryl methyl sites for hydroxylation is 2. The molecule has 0 bridgehead atoms. The van der Waals surface area contributed by atoms with Crippen molar-refractivity contribution in [2.45, 2.75) is 54.6 Å². The van der Waals surface area contributed by atoms with Gasteiger partial charge in [-0.15, -0.1) is 66.3 Å². The number of halogens is 2. The van der Waals surface area contributed by atoms with Crippen molar-refractivity contribution in [3.63, 3.8) is 0 Å². The van der Waals surface area contributed by atoms with Gasteiger partial charge in [-0.05, 0) is 12.5 Å². The molecule has 0 spiro atoms. The van der Waals surface area contributed by atoms with Gasteiger partial charge in [-0.1, -0.05) is 75.1 Å². The molecule has 4 rings (SSSR count). The van der Waals surface area contributed by atoms with Crippen LogP contribution in [-0.2, 0) is 23.3 Å². The van der Waals surface area contributed by atoms with E-state index in [0.717, 1.165) is 0 Å². The summed E-state index contributed by atoms with van der Waals surface area (Å²) in [5.41, 5.74) is 9.81. The number of benzene rings is 2. The Morgan fingerprint density at radius 2 is 1.47 bits per heavy atom. The summed E-state index contributed by atoms with van der Waals surface area (Å²) >= 11 is 1.74. The van der Waals surface area contributed by atoms with Crippen LogP contribution in [0.1, 0.15) is 38.8 Å². The topological polar surface area (TPSA) is 0 Å². The summed E-state index contributed by atoms with van der Waals surface area (Å²) in [6.07, 6.45) is 3.36. The molecule has 0 N–H and O–H groups in total. The molecule has 1 atom stereocenters. The van der Waals surface area contributed by atoms with Crippen LogP contribution in [0.15, 0.2) is 71.3 Å². The normalized spacial score (nSPS) is 14.3. The SMILES string of the molecule is CC1=[C-]C(C)C(C)=C1C.C[Si](C)=[Zr+2].Cc1cc2c(-c3ccccc3)c(C)ccc2[cH-]1.Cl.Cl. The molecule has 0 heterocycles. The summed E-state index contributed by atoms with van der Waals surface area (Å²) in [5.74, 6) is 0.560. The van der Waals surface area contributed by atoms with Gasteiger partial charge in [0.25, 0.3) is 0 Å². The van der Waals surface area contributed by atoms with Crippen molar-refractivity contribution in [3.8, 4) is 11.1 Å². The van der Waals surface area contributed by atoms with Crippen molar-refractivity contribution in [2.75, 3.05) is 0 Å². The third-order valence-electron chi connectivity index (χ3n) is 5.54. The van der Waals surface area contributed by atoms with E-state index in [4.69, 9.17) is 0 Å². The van der Waals surface area contributed by atoms with Crippen LogP contribution in [0.5, 0.6) is 0 Å². The fourth-order valence-corrected chi connectivity index (χ4v) is 3.69. The summed E-state index contributed by atoms with van der Waals surface area (Å²) in [5, 5.41) is 2.71. The zero-order valence-electron chi connectivity index (χ0n) is 20.6. The summed E-state index contributed by atoms with van der Waals surface area (Å²) in [6, 6.07) is 19.6. The van der Waals surface area contributed by atoms with Crippen molar-refractivity contribution in [3.05, 3.63) is 88.5 Å². The molecule has 4 heteroatoms. The van der Waals surface area contributed by atoms with E-state index in [9.17, 15) is 0 Å². The van der Waals surface area contributed by atoms with Crippen molar-refractivity contribution in [1.82, 2.24) is 0 Å². The van der Waals surface area contributed by atoms with Gasteiger partial charge in [0, 0.05) is 0 Å². The predicted octanol–water partition coefficient (Wildman–Crippen LogP) is 9.19. The minimum absolute atomic E-state index is 0. The van der Waals surface area contributed by atoms with Crippen LogP contribution in [0.4, 0.5) is 0 Å². The Balaban J connectivity index is 0.000000547. The fourth-order valence-electron chi connectivity index (χ4n) is 3.69. The Bertz CT molecular complexity index is 1090. The quantitative estimate of drug-likeness (QED) is 0.205. The number of hydrogen-bond donors (Lipinski definition) is 0. The van der Waals surface area contributed by atoms with Gasteiger partial charge < -0.3 is 0 Å². The zero-order valence-corrected chi connectivity index (χ0v) is 25.7. The van der Waals surface area contributed by atoms with E-state index in [0.29, 0.717) is 5.92 Å². The molecule has 0 fully saturated rings. The molecular weight excluding hydrogens is 527 g/mol. The molecule has 0 aliphatic heterocycles. The maximum absolute atomic E-state index is 3.36. The van der Waals surface area contributed by atoms with E-state index in [2.05, 4.69) is 115 Å². The average Bonchev–Trinajstić information content (AvgIpc) is 3.16. The van der Waals surface area contributed by atoms with Crippen molar-refractivity contribution in [2.24, 2.45) is 5.92 Å². The predicted molar refractivity (Wildman–Crippen MR) is 146 cm³/mol. The monoisotopic (exact) mass is 560 g/mol. The zero-order chi connectivity index (χ0) is 22.4. The second-order valence-corrected chi connectivity index (χ2v) is 17.8. The number of rotatable bonds is 1. The molecule has 0 amide bonds. The molecule has 0 saturated carbocycles. The van der Waals surface area contributed by atoms with E-state index < -0.39 is 0 Å². The molecule has 170 valence electrons. The van der Waals surface area contributed by atoms with Crippen LogP contribution in [0.25, 0.3) is 21.9 Å². The van der Waals surface area contributed by atoms with Crippen LogP contribution in [0.3, 0.4) is 0 Å². The van der Waals surface area contributed by atoms with Crippen LogP contribution >= 0.6 is 24.8 Å². The Morgan fingerprint density at radius 1 is 0.906 bits per heavy atom. The average molecular weight is 563 g/mol. The second kappa shape index (κ2) is 14.5. The van der Waals surface area contributed by atoms with Crippen molar-refractivity contribution in [1.29, 1.82) is 0 Å². The summed E-state index contributed by atoms with van der Waals surface area (Å²) < 4.78 is 0. The molecule has 0 nitrogen and oxygen atoms in total. The Labute approximate surface area is 223 Å².